The van der Waals surface area contributed by atoms with Crippen molar-refractivity contribution >= 4 is 5.97 Å². The van der Waals surface area contributed by atoms with E-state index in [9.17, 15) is 9.59 Å². The smallest absolute Gasteiger partial charge is 0.337 e. The average Bonchev–Trinajstić information content (AvgIpc) is 2.49. The largest absolute Gasteiger partial charge is 0.422 e. The fourth-order valence-electron chi connectivity index (χ4n) is 1.50. The number of furan rings is 1. The zero-order chi connectivity index (χ0) is 11.7. The molecule has 0 amide bonds. The Kier molecular flexibility index (Phi) is 2.48. The molecule has 0 fully saturated rings. The topological polar surface area (TPSA) is 56.5 Å². The highest BCUT2D eigenvalue weighted by Crippen LogP contribution is 2.32. The number of esters is 1. The molecule has 16 heavy (non-hydrogen) atoms. The van der Waals surface area contributed by atoms with Crippen LogP contribution in [0, 0.1) is 6.92 Å². The van der Waals surface area contributed by atoms with Crippen LogP contribution in [0.15, 0.2) is 33.5 Å². The molecule has 0 unspecified atom stereocenters. The van der Waals surface area contributed by atoms with Crippen molar-refractivity contribution in [1.29, 1.82) is 0 Å². The second-order valence-electron chi connectivity index (χ2n) is 3.48. The van der Waals surface area contributed by atoms with E-state index in [1.54, 1.807) is 25.1 Å². The van der Waals surface area contributed by atoms with Crippen LogP contribution in [-0.2, 0) is 4.79 Å². The number of aryl methyl sites for hydroxylation is 1. The molecule has 0 spiro atoms. The van der Waals surface area contributed by atoms with Crippen LogP contribution in [0.3, 0.4) is 0 Å². The van der Waals surface area contributed by atoms with Crippen molar-refractivity contribution in [2.24, 2.45) is 0 Å². The maximum absolute atomic E-state index is 11.1. The summed E-state index contributed by atoms with van der Waals surface area (Å²) in [5, 5.41) is 0. The average molecular weight is 218 g/mol. The van der Waals surface area contributed by atoms with Crippen molar-refractivity contribution in [1.82, 2.24) is 0 Å². The zero-order valence-corrected chi connectivity index (χ0v) is 8.94. The molecule has 4 nitrogen and oxygen atoms in total. The first-order valence-corrected chi connectivity index (χ1v) is 4.80. The lowest BCUT2D eigenvalue weighted by molar-refractivity contribution is -0.131. The van der Waals surface area contributed by atoms with Gasteiger partial charge in [0.05, 0.1) is 0 Å². The first kappa shape index (κ1) is 10.4. The van der Waals surface area contributed by atoms with Crippen LogP contribution in [-0.4, -0.2) is 5.97 Å². The van der Waals surface area contributed by atoms with Crippen molar-refractivity contribution in [2.75, 3.05) is 0 Å². The first-order chi connectivity index (χ1) is 7.58. The maximum Gasteiger partial charge on any atom is 0.337 e. The Morgan fingerprint density at radius 3 is 2.81 bits per heavy atom. The van der Waals surface area contributed by atoms with Crippen LogP contribution in [0.25, 0.3) is 11.3 Å². The highest BCUT2D eigenvalue weighted by atomic mass is 16.5. The predicted molar refractivity (Wildman–Crippen MR) is 57.6 cm³/mol. The minimum atomic E-state index is -0.450. The van der Waals surface area contributed by atoms with Gasteiger partial charge < -0.3 is 9.15 Å². The molecule has 0 bridgehead atoms. The molecule has 4 heteroatoms. The zero-order valence-electron chi connectivity index (χ0n) is 8.94. The second kappa shape index (κ2) is 3.81. The molecule has 0 atom stereocenters. The lowest BCUT2D eigenvalue weighted by Gasteiger charge is -2.03. The van der Waals surface area contributed by atoms with Gasteiger partial charge in [0, 0.05) is 18.6 Å². The number of ether oxygens (including phenoxy) is 1. The molecule has 0 N–H and O–H groups in total. The molecule has 1 heterocycles. The van der Waals surface area contributed by atoms with Gasteiger partial charge in [-0.1, -0.05) is 18.2 Å². The summed E-state index contributed by atoms with van der Waals surface area (Å²) in [5.74, 6) is 0.164. The van der Waals surface area contributed by atoms with Crippen LogP contribution >= 0.6 is 0 Å². The molecule has 0 saturated carbocycles. The highest BCUT2D eigenvalue weighted by molar-refractivity contribution is 5.75. The SMILES string of the molecule is CC(=O)Oc1c(C)cccc2cc(=O)oc1-2. The molecule has 0 aromatic carbocycles. The Hall–Kier alpha value is -2.10. The summed E-state index contributed by atoms with van der Waals surface area (Å²) in [4.78, 5) is 22.1. The van der Waals surface area contributed by atoms with Gasteiger partial charge in [0.15, 0.2) is 11.5 Å². The molecule has 2 aliphatic rings. The normalized spacial score (nSPS) is 10.4. The summed E-state index contributed by atoms with van der Waals surface area (Å²) in [6.07, 6.45) is 0. The standard InChI is InChI=1S/C12H10O4/c1-7-4-3-5-9-6-10(14)16-12(9)11(7)15-8(2)13/h3-6H,1-2H3. The van der Waals surface area contributed by atoms with Gasteiger partial charge in [0.25, 0.3) is 0 Å². The summed E-state index contributed by atoms with van der Waals surface area (Å²) < 4.78 is 10.1. The number of carbonyl (C=O) groups is 1. The Balaban J connectivity index is 2.72. The Morgan fingerprint density at radius 1 is 1.38 bits per heavy atom. The monoisotopic (exact) mass is 218 g/mol. The molecule has 0 aromatic rings. The third-order valence-electron chi connectivity index (χ3n) is 2.17. The molecule has 82 valence electrons. The molecular formula is C12H10O4. The van der Waals surface area contributed by atoms with E-state index < -0.39 is 11.6 Å². The van der Waals surface area contributed by atoms with Gasteiger partial charge in [-0.05, 0) is 12.5 Å². The Labute approximate surface area is 91.8 Å². The Bertz CT molecular complexity index is 568. The molecule has 2 rings (SSSR count). The molecule has 1 aliphatic heterocycles. The van der Waals surface area contributed by atoms with Crippen molar-refractivity contribution in [3.8, 4) is 17.1 Å². The van der Waals surface area contributed by atoms with Gasteiger partial charge in [0.2, 0.25) is 0 Å². The number of carbonyl (C=O) groups excluding carboxylic acids is 1. The van der Waals surface area contributed by atoms with Gasteiger partial charge in [0.1, 0.15) is 0 Å². The van der Waals surface area contributed by atoms with Gasteiger partial charge >= 0.3 is 11.6 Å². The fourth-order valence-corrected chi connectivity index (χ4v) is 1.50. The second-order valence-corrected chi connectivity index (χ2v) is 3.48. The van der Waals surface area contributed by atoms with Crippen molar-refractivity contribution in [3.05, 3.63) is 40.2 Å². The van der Waals surface area contributed by atoms with E-state index in [2.05, 4.69) is 0 Å². The van der Waals surface area contributed by atoms with E-state index in [0.29, 0.717) is 17.1 Å². The van der Waals surface area contributed by atoms with Crippen molar-refractivity contribution in [3.63, 3.8) is 0 Å². The summed E-state index contributed by atoms with van der Waals surface area (Å²) in [6.45, 7) is 3.09. The molecule has 1 aliphatic carbocycles. The van der Waals surface area contributed by atoms with Crippen LogP contribution in [0.2, 0.25) is 0 Å². The quantitative estimate of drug-likeness (QED) is 0.687. The highest BCUT2D eigenvalue weighted by Gasteiger charge is 2.16. The predicted octanol–water partition coefficient (Wildman–Crippen LogP) is 1.98. The van der Waals surface area contributed by atoms with Crippen LogP contribution in [0.5, 0.6) is 5.75 Å². The first-order valence-electron chi connectivity index (χ1n) is 4.80. The Morgan fingerprint density at radius 2 is 2.12 bits per heavy atom. The van der Waals surface area contributed by atoms with Crippen molar-refractivity contribution in [2.45, 2.75) is 13.8 Å². The van der Waals surface area contributed by atoms with Gasteiger partial charge in [-0.25, -0.2) is 4.79 Å². The number of rotatable bonds is 1. The van der Waals surface area contributed by atoms with Gasteiger partial charge in [-0.2, -0.15) is 0 Å². The minimum Gasteiger partial charge on any atom is -0.422 e. The van der Waals surface area contributed by atoms with Gasteiger partial charge in [-0.3, -0.25) is 4.79 Å². The third kappa shape index (κ3) is 1.82. The third-order valence-corrected chi connectivity index (χ3v) is 2.17. The number of hydrogen-bond donors (Lipinski definition) is 0. The van der Waals surface area contributed by atoms with E-state index >= 15 is 0 Å². The summed E-state index contributed by atoms with van der Waals surface area (Å²) in [7, 11) is 0. The lowest BCUT2D eigenvalue weighted by atomic mass is 10.2. The molecule has 0 aromatic heterocycles. The summed E-state index contributed by atoms with van der Waals surface area (Å²) >= 11 is 0. The van der Waals surface area contributed by atoms with Crippen LogP contribution in [0.4, 0.5) is 0 Å². The maximum atomic E-state index is 11.1. The van der Waals surface area contributed by atoms with E-state index in [0.717, 1.165) is 5.56 Å². The van der Waals surface area contributed by atoms with E-state index in [1.165, 1.54) is 13.0 Å². The van der Waals surface area contributed by atoms with E-state index in [1.807, 2.05) is 0 Å². The molecule has 0 saturated heterocycles. The molecule has 0 radical (unpaired) electrons. The minimum absolute atomic E-state index is 0.301. The van der Waals surface area contributed by atoms with E-state index in [-0.39, 0.29) is 0 Å². The molecular weight excluding hydrogens is 208 g/mol. The fraction of sp³-hybridized carbons (Fsp3) is 0.167. The number of fused-ring (bicyclic) bond motifs is 1. The van der Waals surface area contributed by atoms with Crippen LogP contribution in [0.1, 0.15) is 12.5 Å². The van der Waals surface area contributed by atoms with Crippen molar-refractivity contribution < 1.29 is 13.9 Å². The lowest BCUT2D eigenvalue weighted by Crippen LogP contribution is -2.03. The number of hydrogen-bond acceptors (Lipinski definition) is 4. The van der Waals surface area contributed by atoms with Crippen LogP contribution < -0.4 is 10.4 Å². The van der Waals surface area contributed by atoms with E-state index in [4.69, 9.17) is 9.15 Å². The van der Waals surface area contributed by atoms with Gasteiger partial charge in [-0.15, -0.1) is 0 Å². The summed E-state index contributed by atoms with van der Waals surface area (Å²) in [5.41, 5.74) is 0.905. The summed E-state index contributed by atoms with van der Waals surface area (Å²) in [6, 6.07) is 6.67.